The molecular weight excluding hydrogens is 550 g/mol. The van der Waals surface area contributed by atoms with E-state index < -0.39 is 14.5 Å². The minimum Gasteiger partial charge on any atom is -0.418 e. The quantitative estimate of drug-likeness (QED) is 0.0615. The summed E-state index contributed by atoms with van der Waals surface area (Å²) in [6.07, 6.45) is 4.52. The molecule has 2 nitrogen and oxygen atoms in total. The lowest BCUT2D eigenvalue weighted by molar-refractivity contribution is -0.669. The summed E-state index contributed by atoms with van der Waals surface area (Å²) >= 11 is 0. The average Bonchev–Trinajstić information content (AvgIpc) is 2.91. The monoisotopic (exact) mass is 570 g/mol. The molecule has 3 aromatic carbocycles. The summed E-state index contributed by atoms with van der Waals surface area (Å²) in [5, 5.41) is 7.74. The van der Waals surface area contributed by atoms with Gasteiger partial charge in [0.15, 0.2) is 12.4 Å². The lowest BCUT2D eigenvalue weighted by Gasteiger charge is -2.12. The van der Waals surface area contributed by atoms with Crippen LogP contribution in [0.15, 0.2) is 103 Å². The maximum Gasteiger partial charge on any atom is 0.673 e. The first kappa shape index (κ1) is 28.1. The summed E-state index contributed by atoms with van der Waals surface area (Å²) < 4.78 is 82.7. The second-order valence-electron chi connectivity index (χ2n) is 9.40. The number of nitrogens with zero attached hydrogens (tertiary/aromatic N) is 2. The van der Waals surface area contributed by atoms with Gasteiger partial charge in [-0.3, -0.25) is 0 Å². The third kappa shape index (κ3) is 6.01. The van der Waals surface area contributed by atoms with Crippen LogP contribution in [0, 0.1) is 0 Å². The number of fused-ring (bicyclic) bond motifs is 6. The molecule has 0 amide bonds. The second-order valence-corrected chi connectivity index (χ2v) is 9.40. The van der Waals surface area contributed by atoms with Crippen LogP contribution in [0.25, 0.3) is 60.0 Å². The van der Waals surface area contributed by atoms with Gasteiger partial charge < -0.3 is 34.5 Å². The van der Waals surface area contributed by atoms with Crippen LogP contribution in [-0.2, 0) is 7.05 Å². The summed E-state index contributed by atoms with van der Waals surface area (Å²) in [6, 6.07) is 33.0. The number of aryl methyl sites for hydroxylation is 1. The molecule has 0 saturated carbocycles. The van der Waals surface area contributed by atoms with Crippen LogP contribution in [0.3, 0.4) is 0 Å². The van der Waals surface area contributed by atoms with Crippen LogP contribution < -0.4 is 8.97 Å². The van der Waals surface area contributed by atoms with Crippen LogP contribution in [-0.4, -0.2) is 14.5 Å². The predicted octanol–water partition coefficient (Wildman–Crippen LogP) is 8.57. The molecule has 0 aliphatic heterocycles. The molecular formula is C29H20B2F8N2. The fourth-order valence-electron chi connectivity index (χ4n) is 5.26. The van der Waals surface area contributed by atoms with Crippen molar-refractivity contribution in [3.63, 3.8) is 0 Å². The largest absolute Gasteiger partial charge is 0.673 e. The average molecular weight is 570 g/mol. The first-order valence-corrected chi connectivity index (χ1v) is 12.4. The predicted molar refractivity (Wildman–Crippen MR) is 148 cm³/mol. The first-order chi connectivity index (χ1) is 19.3. The molecule has 0 aliphatic rings. The smallest absolute Gasteiger partial charge is 0.418 e. The van der Waals surface area contributed by atoms with Gasteiger partial charge in [-0.05, 0) is 23.3 Å². The second kappa shape index (κ2) is 10.5. The van der Waals surface area contributed by atoms with Gasteiger partial charge in [0.05, 0.1) is 10.8 Å². The van der Waals surface area contributed by atoms with Crippen molar-refractivity contribution >= 4 is 63.4 Å². The Hall–Kier alpha value is -4.47. The molecule has 41 heavy (non-hydrogen) atoms. The van der Waals surface area contributed by atoms with E-state index in [2.05, 4.69) is 119 Å². The van der Waals surface area contributed by atoms with Crippen molar-refractivity contribution in [1.82, 2.24) is 0 Å². The lowest BCUT2D eigenvalue weighted by atomic mass is 9.96. The van der Waals surface area contributed by atoms with Crippen LogP contribution in [0.1, 0.15) is 0 Å². The van der Waals surface area contributed by atoms with E-state index in [9.17, 15) is 34.5 Å². The number of aromatic nitrogens is 2. The van der Waals surface area contributed by atoms with E-state index in [4.69, 9.17) is 0 Å². The lowest BCUT2D eigenvalue weighted by Crippen LogP contribution is -2.32. The number of hydrogen-bond acceptors (Lipinski definition) is 0. The summed E-state index contributed by atoms with van der Waals surface area (Å²) in [7, 11) is -9.88. The number of halogens is 8. The van der Waals surface area contributed by atoms with Gasteiger partial charge in [0.2, 0.25) is 16.6 Å². The highest BCUT2D eigenvalue weighted by Gasteiger charge is 2.27. The van der Waals surface area contributed by atoms with E-state index >= 15 is 0 Å². The van der Waals surface area contributed by atoms with Crippen LogP contribution in [0.2, 0.25) is 0 Å². The van der Waals surface area contributed by atoms with Crippen LogP contribution in [0.4, 0.5) is 34.5 Å². The van der Waals surface area contributed by atoms with Gasteiger partial charge in [0.1, 0.15) is 17.8 Å². The van der Waals surface area contributed by atoms with E-state index in [1.165, 1.54) is 60.0 Å². The van der Waals surface area contributed by atoms with Gasteiger partial charge >= 0.3 is 14.5 Å². The summed E-state index contributed by atoms with van der Waals surface area (Å²) in [4.78, 5) is 0. The molecule has 0 spiro atoms. The van der Waals surface area contributed by atoms with E-state index in [1.54, 1.807) is 0 Å². The number of hydrogen-bond donors (Lipinski definition) is 0. The van der Waals surface area contributed by atoms with Crippen molar-refractivity contribution in [2.24, 2.45) is 7.05 Å². The third-order valence-corrected chi connectivity index (χ3v) is 6.56. The number of pyridine rings is 4. The highest BCUT2D eigenvalue weighted by Crippen LogP contribution is 2.35. The zero-order valence-corrected chi connectivity index (χ0v) is 21.4. The molecule has 0 unspecified atom stereocenters. The minimum absolute atomic E-state index is 1.24. The summed E-state index contributed by atoms with van der Waals surface area (Å²) in [5.41, 5.74) is 6.29. The Kier molecular flexibility index (Phi) is 7.19. The SMILES string of the molecule is C[n+]1cc2c3ccccc3c3cc(-c4ccccc4)cc4c5ccccc5c(c1)c2[n+]34.F[B-](F)(F)F.F[B-](F)(F)F. The maximum atomic E-state index is 9.75. The Bertz CT molecular complexity index is 1880. The van der Waals surface area contributed by atoms with E-state index in [0.29, 0.717) is 0 Å². The van der Waals surface area contributed by atoms with Gasteiger partial charge in [0.25, 0.3) is 0 Å². The van der Waals surface area contributed by atoms with Gasteiger partial charge in [-0.15, -0.1) is 0 Å². The molecule has 208 valence electrons. The summed E-state index contributed by atoms with van der Waals surface area (Å²) in [5.74, 6) is 0. The van der Waals surface area contributed by atoms with E-state index in [0.717, 1.165) is 0 Å². The number of benzene rings is 3. The van der Waals surface area contributed by atoms with Crippen molar-refractivity contribution in [2.45, 2.75) is 0 Å². The highest BCUT2D eigenvalue weighted by molar-refractivity contribution is 6.50. The van der Waals surface area contributed by atoms with Crippen molar-refractivity contribution in [2.75, 3.05) is 0 Å². The molecule has 7 rings (SSSR count). The molecule has 0 fully saturated rings. The molecule has 0 radical (unpaired) electrons. The van der Waals surface area contributed by atoms with Crippen LogP contribution >= 0.6 is 0 Å². The first-order valence-electron chi connectivity index (χ1n) is 12.4. The van der Waals surface area contributed by atoms with E-state index in [-0.39, 0.29) is 0 Å². The molecule has 7 aromatic rings. The third-order valence-electron chi connectivity index (χ3n) is 6.56. The standard InChI is InChI=1S/C29H20N2.2BF4/c1-30-17-25-21-11-5-7-13-23(21)27-15-20(19-9-3-2-4-10-19)16-28-24-14-8-6-12-22(24)26(18-30)29(25)31(27)28;2*2-1(3,4)5/h2-18H,1H3;;/q+2;2*-1. The highest BCUT2D eigenvalue weighted by atomic mass is 19.5. The van der Waals surface area contributed by atoms with E-state index in [1.807, 2.05) is 0 Å². The van der Waals surface area contributed by atoms with Gasteiger partial charge in [-0.1, -0.05) is 66.7 Å². The Morgan fingerprint density at radius 2 is 0.829 bits per heavy atom. The zero-order chi connectivity index (χ0) is 29.5. The number of rotatable bonds is 1. The molecule has 0 N–H and O–H groups in total. The molecule has 12 heteroatoms. The van der Waals surface area contributed by atoms with Gasteiger partial charge in [-0.25, -0.2) is 4.57 Å². The molecule has 0 saturated heterocycles. The molecule has 0 aliphatic carbocycles. The molecule has 4 aromatic heterocycles. The van der Waals surface area contributed by atoms with Crippen molar-refractivity contribution in [3.8, 4) is 11.1 Å². The molecule has 4 heterocycles. The van der Waals surface area contributed by atoms with Crippen molar-refractivity contribution in [3.05, 3.63) is 103 Å². The van der Waals surface area contributed by atoms with Gasteiger partial charge in [0, 0.05) is 22.9 Å². The minimum atomic E-state index is -6.00. The zero-order valence-electron chi connectivity index (χ0n) is 21.4. The Morgan fingerprint density at radius 1 is 0.463 bits per heavy atom. The fourth-order valence-corrected chi connectivity index (χ4v) is 5.26. The molecule has 0 bridgehead atoms. The van der Waals surface area contributed by atoms with Crippen LogP contribution in [0.5, 0.6) is 0 Å². The summed E-state index contributed by atoms with van der Waals surface area (Å²) in [6.45, 7) is 0. The Balaban J connectivity index is 0.000000294. The van der Waals surface area contributed by atoms with Gasteiger partial charge in [-0.2, -0.15) is 4.40 Å². The van der Waals surface area contributed by atoms with Crippen molar-refractivity contribution in [1.29, 1.82) is 0 Å². The molecule has 0 atom stereocenters. The topological polar surface area (TPSA) is 7.98 Å². The Morgan fingerprint density at radius 3 is 1.24 bits per heavy atom. The van der Waals surface area contributed by atoms with Crippen molar-refractivity contribution < 1.29 is 43.5 Å². The Labute approximate surface area is 228 Å². The normalized spacial score (nSPS) is 12.0. The fraction of sp³-hybridized carbons (Fsp3) is 0.0345. The maximum absolute atomic E-state index is 9.75.